The van der Waals surface area contributed by atoms with Gasteiger partial charge in [-0.2, -0.15) is 5.10 Å². The Hall–Kier alpha value is -2.11. The average Bonchev–Trinajstić information content (AvgIpc) is 2.64. The molecule has 0 aliphatic heterocycles. The van der Waals surface area contributed by atoms with E-state index in [0.29, 0.717) is 5.82 Å². The van der Waals surface area contributed by atoms with E-state index in [1.54, 1.807) is 10.9 Å². The highest BCUT2D eigenvalue weighted by molar-refractivity contribution is 5.62. The van der Waals surface area contributed by atoms with Gasteiger partial charge in [-0.25, -0.2) is 9.97 Å². The molecule has 0 unspecified atom stereocenters. The number of nitrogen functional groups attached to an aromatic ring is 1. The predicted octanol–water partition coefficient (Wildman–Crippen LogP) is 1.10. The van der Waals surface area contributed by atoms with Crippen LogP contribution < -0.4 is 11.1 Å². The van der Waals surface area contributed by atoms with E-state index >= 15 is 0 Å². The van der Waals surface area contributed by atoms with E-state index in [0.717, 1.165) is 23.5 Å². The van der Waals surface area contributed by atoms with Crippen LogP contribution in [-0.4, -0.2) is 19.7 Å². The van der Waals surface area contributed by atoms with Crippen molar-refractivity contribution >= 4 is 17.3 Å². The number of nitrogens with zero attached hydrogens (tertiary/aromatic N) is 4. The lowest BCUT2D eigenvalue weighted by Crippen LogP contribution is -2.04. The van der Waals surface area contributed by atoms with Crippen LogP contribution in [0.5, 0.6) is 0 Å². The zero-order valence-corrected chi connectivity index (χ0v) is 9.31. The Morgan fingerprint density at radius 1 is 1.44 bits per heavy atom. The van der Waals surface area contributed by atoms with Gasteiger partial charge in [0.1, 0.15) is 18.0 Å². The van der Waals surface area contributed by atoms with Crippen molar-refractivity contribution in [2.75, 3.05) is 11.1 Å². The maximum Gasteiger partial charge on any atom is 0.139 e. The SMILES string of the molecule is CCc1c(N)ncnc1Nc1cnn(C)c1. The van der Waals surface area contributed by atoms with E-state index in [2.05, 4.69) is 20.4 Å². The molecule has 0 atom stereocenters. The van der Waals surface area contributed by atoms with Crippen molar-refractivity contribution in [1.29, 1.82) is 0 Å². The van der Waals surface area contributed by atoms with Crippen molar-refractivity contribution in [3.05, 3.63) is 24.3 Å². The molecule has 0 bridgehead atoms. The van der Waals surface area contributed by atoms with E-state index in [9.17, 15) is 0 Å². The Morgan fingerprint density at radius 2 is 2.25 bits per heavy atom. The Balaban J connectivity index is 2.30. The lowest BCUT2D eigenvalue weighted by Gasteiger charge is -2.08. The highest BCUT2D eigenvalue weighted by Gasteiger charge is 2.07. The topological polar surface area (TPSA) is 81.7 Å². The van der Waals surface area contributed by atoms with Crippen molar-refractivity contribution in [3.8, 4) is 0 Å². The molecule has 0 aliphatic rings. The first-order valence-corrected chi connectivity index (χ1v) is 5.05. The second kappa shape index (κ2) is 4.18. The Morgan fingerprint density at radius 3 is 2.88 bits per heavy atom. The van der Waals surface area contributed by atoms with Gasteiger partial charge in [0.2, 0.25) is 0 Å². The van der Waals surface area contributed by atoms with Gasteiger partial charge < -0.3 is 11.1 Å². The molecule has 3 N–H and O–H groups in total. The van der Waals surface area contributed by atoms with Crippen LogP contribution in [0.25, 0.3) is 0 Å². The molecule has 6 heteroatoms. The number of aromatic nitrogens is 4. The van der Waals surface area contributed by atoms with Crippen molar-refractivity contribution in [3.63, 3.8) is 0 Å². The number of nitrogens with two attached hydrogens (primary N) is 1. The van der Waals surface area contributed by atoms with Gasteiger partial charge in [0.05, 0.1) is 11.9 Å². The summed E-state index contributed by atoms with van der Waals surface area (Å²) in [7, 11) is 1.86. The summed E-state index contributed by atoms with van der Waals surface area (Å²) in [6.07, 6.45) is 5.85. The molecule has 2 heterocycles. The third kappa shape index (κ3) is 1.95. The molecule has 0 saturated heterocycles. The Bertz CT molecular complexity index is 490. The number of hydrogen-bond donors (Lipinski definition) is 2. The minimum atomic E-state index is 0.517. The first kappa shape index (κ1) is 10.4. The summed E-state index contributed by atoms with van der Waals surface area (Å²) in [5.74, 6) is 1.26. The molecule has 2 aromatic heterocycles. The number of rotatable bonds is 3. The van der Waals surface area contributed by atoms with Gasteiger partial charge in [-0.05, 0) is 6.42 Å². The third-order valence-electron chi connectivity index (χ3n) is 2.30. The molecular formula is C10H14N6. The summed E-state index contributed by atoms with van der Waals surface area (Å²) >= 11 is 0. The molecule has 0 spiro atoms. The van der Waals surface area contributed by atoms with Gasteiger partial charge in [0.15, 0.2) is 0 Å². The molecule has 0 saturated carbocycles. The van der Waals surface area contributed by atoms with Gasteiger partial charge >= 0.3 is 0 Å². The molecule has 0 aromatic carbocycles. The van der Waals surface area contributed by atoms with Crippen LogP contribution in [0.1, 0.15) is 12.5 Å². The minimum absolute atomic E-state index is 0.517. The normalized spacial score (nSPS) is 10.4. The van der Waals surface area contributed by atoms with E-state index < -0.39 is 0 Å². The fourth-order valence-electron chi connectivity index (χ4n) is 1.50. The first-order chi connectivity index (χ1) is 7.70. The Kier molecular flexibility index (Phi) is 2.72. The molecule has 0 aliphatic carbocycles. The second-order valence-corrected chi connectivity index (χ2v) is 3.47. The highest BCUT2D eigenvalue weighted by atomic mass is 15.3. The predicted molar refractivity (Wildman–Crippen MR) is 62.3 cm³/mol. The van der Waals surface area contributed by atoms with Crippen LogP contribution >= 0.6 is 0 Å². The smallest absolute Gasteiger partial charge is 0.139 e. The quantitative estimate of drug-likeness (QED) is 0.806. The maximum atomic E-state index is 5.78. The minimum Gasteiger partial charge on any atom is -0.383 e. The molecule has 6 nitrogen and oxygen atoms in total. The summed E-state index contributed by atoms with van der Waals surface area (Å²) in [6, 6.07) is 0. The number of hydrogen-bond acceptors (Lipinski definition) is 5. The summed E-state index contributed by atoms with van der Waals surface area (Å²) in [6.45, 7) is 2.02. The molecule has 2 aromatic rings. The van der Waals surface area contributed by atoms with Gasteiger partial charge in [0.25, 0.3) is 0 Å². The first-order valence-electron chi connectivity index (χ1n) is 5.05. The van der Waals surface area contributed by atoms with Gasteiger partial charge in [0, 0.05) is 18.8 Å². The summed E-state index contributed by atoms with van der Waals surface area (Å²) in [5, 5.41) is 7.24. The van der Waals surface area contributed by atoms with Crippen molar-refractivity contribution < 1.29 is 0 Å². The number of anilines is 3. The van der Waals surface area contributed by atoms with E-state index in [1.807, 2.05) is 20.2 Å². The summed E-state index contributed by atoms with van der Waals surface area (Å²) in [5.41, 5.74) is 7.59. The summed E-state index contributed by atoms with van der Waals surface area (Å²) in [4.78, 5) is 8.14. The molecule has 2 rings (SSSR count). The molecule has 16 heavy (non-hydrogen) atoms. The second-order valence-electron chi connectivity index (χ2n) is 3.47. The lowest BCUT2D eigenvalue weighted by atomic mass is 10.2. The molecule has 0 amide bonds. The standard InChI is InChI=1S/C10H14N6/c1-3-8-9(11)12-6-13-10(8)15-7-4-14-16(2)5-7/h4-6H,3H2,1-2H3,(H3,11,12,13,15). The largest absolute Gasteiger partial charge is 0.383 e. The van der Waals surface area contributed by atoms with E-state index in [-0.39, 0.29) is 0 Å². The van der Waals surface area contributed by atoms with Crippen LogP contribution in [0.4, 0.5) is 17.3 Å². The number of nitrogens with one attached hydrogen (secondary N) is 1. The van der Waals surface area contributed by atoms with E-state index in [4.69, 9.17) is 5.73 Å². The monoisotopic (exact) mass is 218 g/mol. The molecule has 0 radical (unpaired) electrons. The highest BCUT2D eigenvalue weighted by Crippen LogP contribution is 2.21. The zero-order chi connectivity index (χ0) is 11.5. The van der Waals surface area contributed by atoms with Crippen molar-refractivity contribution in [1.82, 2.24) is 19.7 Å². The fourth-order valence-corrected chi connectivity index (χ4v) is 1.50. The van der Waals surface area contributed by atoms with Crippen LogP contribution in [-0.2, 0) is 13.5 Å². The average molecular weight is 218 g/mol. The maximum absolute atomic E-state index is 5.78. The third-order valence-corrected chi connectivity index (χ3v) is 2.30. The fraction of sp³-hybridized carbons (Fsp3) is 0.300. The summed E-state index contributed by atoms with van der Waals surface area (Å²) < 4.78 is 1.72. The van der Waals surface area contributed by atoms with Gasteiger partial charge in [-0.1, -0.05) is 6.92 Å². The number of aryl methyl sites for hydroxylation is 1. The van der Waals surface area contributed by atoms with E-state index in [1.165, 1.54) is 6.33 Å². The lowest BCUT2D eigenvalue weighted by molar-refractivity contribution is 0.768. The zero-order valence-electron chi connectivity index (χ0n) is 9.31. The molecular weight excluding hydrogens is 204 g/mol. The van der Waals surface area contributed by atoms with Crippen molar-refractivity contribution in [2.24, 2.45) is 7.05 Å². The van der Waals surface area contributed by atoms with Gasteiger partial charge in [-0.15, -0.1) is 0 Å². The molecule has 84 valence electrons. The van der Waals surface area contributed by atoms with Crippen LogP contribution in [0.3, 0.4) is 0 Å². The van der Waals surface area contributed by atoms with Crippen LogP contribution in [0, 0.1) is 0 Å². The van der Waals surface area contributed by atoms with Crippen molar-refractivity contribution in [2.45, 2.75) is 13.3 Å². The van der Waals surface area contributed by atoms with Gasteiger partial charge in [-0.3, -0.25) is 4.68 Å². The Labute approximate surface area is 93.5 Å². The van der Waals surface area contributed by atoms with Crippen LogP contribution in [0.2, 0.25) is 0 Å². The molecule has 0 fully saturated rings. The van der Waals surface area contributed by atoms with Crippen LogP contribution in [0.15, 0.2) is 18.7 Å².